The lowest BCUT2D eigenvalue weighted by Gasteiger charge is -2.35. The minimum atomic E-state index is -1.09. The molecule has 24 heavy (non-hydrogen) atoms. The van der Waals surface area contributed by atoms with Gasteiger partial charge in [0.1, 0.15) is 6.61 Å². The third-order valence-electron chi connectivity index (χ3n) is 3.97. The first kappa shape index (κ1) is 16.0. The Morgan fingerprint density at radius 2 is 2.04 bits per heavy atom. The topological polar surface area (TPSA) is 106 Å². The molecule has 0 atom stereocenters. The summed E-state index contributed by atoms with van der Waals surface area (Å²) in [7, 11) is 0. The number of hydrogen-bond acceptors (Lipinski definition) is 5. The largest absolute Gasteiger partial charge is 0.476 e. The quantitative estimate of drug-likeness (QED) is 0.834. The van der Waals surface area contributed by atoms with E-state index in [4.69, 9.17) is 9.84 Å². The van der Waals surface area contributed by atoms with Crippen molar-refractivity contribution in [2.45, 2.75) is 32.0 Å². The van der Waals surface area contributed by atoms with E-state index >= 15 is 0 Å². The van der Waals surface area contributed by atoms with E-state index in [0.717, 1.165) is 18.4 Å². The van der Waals surface area contributed by atoms with Crippen molar-refractivity contribution < 1.29 is 19.4 Å². The number of hydrogen-bond donors (Lipinski definition) is 2. The molecule has 0 bridgehead atoms. The lowest BCUT2D eigenvalue weighted by Crippen LogP contribution is -2.45. The molecule has 1 aliphatic rings. The van der Waals surface area contributed by atoms with Crippen LogP contribution < -0.4 is 5.32 Å². The van der Waals surface area contributed by atoms with Gasteiger partial charge in [0.2, 0.25) is 0 Å². The van der Waals surface area contributed by atoms with Gasteiger partial charge < -0.3 is 15.2 Å². The van der Waals surface area contributed by atoms with Crippen LogP contribution in [0.1, 0.15) is 28.9 Å². The molecule has 1 aromatic carbocycles. The molecule has 126 valence electrons. The SMILES string of the molecule is O=C(NC1CC(Cn2cc(C(=O)O)nn2)C1)OCc1ccccc1. The third kappa shape index (κ3) is 4.09. The van der Waals surface area contributed by atoms with Crippen LogP contribution in [0.25, 0.3) is 0 Å². The minimum absolute atomic E-state index is 0.0616. The Balaban J connectivity index is 1.35. The third-order valence-corrected chi connectivity index (χ3v) is 3.97. The summed E-state index contributed by atoms with van der Waals surface area (Å²) < 4.78 is 6.70. The van der Waals surface area contributed by atoms with Gasteiger partial charge >= 0.3 is 12.1 Å². The number of aromatic carboxylic acids is 1. The molecule has 3 rings (SSSR count). The average molecular weight is 330 g/mol. The van der Waals surface area contributed by atoms with E-state index in [9.17, 15) is 9.59 Å². The van der Waals surface area contributed by atoms with E-state index in [2.05, 4.69) is 15.6 Å². The van der Waals surface area contributed by atoms with Crippen molar-refractivity contribution in [3.05, 3.63) is 47.8 Å². The maximum Gasteiger partial charge on any atom is 0.407 e. The van der Waals surface area contributed by atoms with Crippen LogP contribution in [0.3, 0.4) is 0 Å². The number of nitrogens with one attached hydrogen (secondary N) is 1. The number of carboxylic acid groups (broad SMARTS) is 1. The summed E-state index contributed by atoms with van der Waals surface area (Å²) in [6, 6.07) is 9.58. The predicted octanol–water partition coefficient (Wildman–Crippen LogP) is 1.68. The molecule has 1 aliphatic carbocycles. The first-order valence-corrected chi connectivity index (χ1v) is 7.71. The van der Waals surface area contributed by atoms with Gasteiger partial charge in [0.05, 0.1) is 6.20 Å². The summed E-state index contributed by atoms with van der Waals surface area (Å²) in [5.74, 6) is -0.747. The van der Waals surface area contributed by atoms with E-state index in [1.807, 2.05) is 30.3 Å². The number of carboxylic acids is 1. The summed E-state index contributed by atoms with van der Waals surface area (Å²) in [5, 5.41) is 19.0. The summed E-state index contributed by atoms with van der Waals surface area (Å²) in [6.45, 7) is 0.845. The molecule has 1 heterocycles. The summed E-state index contributed by atoms with van der Waals surface area (Å²) >= 11 is 0. The van der Waals surface area contributed by atoms with Crippen LogP contribution in [0.2, 0.25) is 0 Å². The lowest BCUT2D eigenvalue weighted by atomic mass is 9.80. The molecule has 1 amide bonds. The molecule has 0 saturated heterocycles. The van der Waals surface area contributed by atoms with Gasteiger partial charge in [0, 0.05) is 12.6 Å². The zero-order valence-corrected chi connectivity index (χ0v) is 13.0. The van der Waals surface area contributed by atoms with Gasteiger partial charge in [-0.3, -0.25) is 4.68 Å². The van der Waals surface area contributed by atoms with E-state index in [1.54, 1.807) is 0 Å². The Kier molecular flexibility index (Phi) is 4.74. The number of benzene rings is 1. The Hall–Kier alpha value is -2.90. The fraction of sp³-hybridized carbons (Fsp3) is 0.375. The van der Waals surface area contributed by atoms with Crippen molar-refractivity contribution in [1.29, 1.82) is 0 Å². The van der Waals surface area contributed by atoms with Crippen LogP contribution in [0, 0.1) is 5.92 Å². The summed E-state index contributed by atoms with van der Waals surface area (Å²) in [4.78, 5) is 22.5. The monoisotopic (exact) mass is 330 g/mol. The standard InChI is InChI=1S/C16H18N4O4/c21-15(22)14-9-20(19-18-14)8-12-6-13(7-12)17-16(23)24-10-11-4-2-1-3-5-11/h1-5,9,12-13H,6-8,10H2,(H,17,23)(H,21,22). The van der Waals surface area contributed by atoms with E-state index < -0.39 is 12.1 Å². The second-order valence-electron chi connectivity index (χ2n) is 5.87. The number of ether oxygens (including phenoxy) is 1. The molecule has 1 saturated carbocycles. The lowest BCUT2D eigenvalue weighted by molar-refractivity contribution is 0.0690. The Bertz CT molecular complexity index is 710. The first-order valence-electron chi connectivity index (χ1n) is 7.71. The molecule has 8 nitrogen and oxygen atoms in total. The van der Waals surface area contributed by atoms with Crippen LogP contribution in [0.5, 0.6) is 0 Å². The molecule has 0 spiro atoms. The van der Waals surface area contributed by atoms with E-state index in [1.165, 1.54) is 10.9 Å². The summed E-state index contributed by atoms with van der Waals surface area (Å²) in [6.07, 6.45) is 2.61. The van der Waals surface area contributed by atoms with Crippen LogP contribution in [-0.2, 0) is 17.9 Å². The second kappa shape index (κ2) is 7.12. The number of rotatable bonds is 6. The van der Waals surface area contributed by atoms with Gasteiger partial charge in [0.15, 0.2) is 5.69 Å². The average Bonchev–Trinajstić information content (AvgIpc) is 3.01. The van der Waals surface area contributed by atoms with Crippen molar-refractivity contribution in [2.75, 3.05) is 0 Å². The molecule has 2 N–H and O–H groups in total. The number of amides is 1. The normalized spacial score (nSPS) is 19.3. The summed E-state index contributed by atoms with van der Waals surface area (Å²) in [5.41, 5.74) is 0.882. The number of carbonyl (C=O) groups excluding carboxylic acids is 1. The van der Waals surface area contributed by atoms with Crippen LogP contribution in [-0.4, -0.2) is 38.2 Å². The van der Waals surface area contributed by atoms with E-state index in [0.29, 0.717) is 12.5 Å². The number of nitrogens with zero attached hydrogens (tertiary/aromatic N) is 3. The minimum Gasteiger partial charge on any atom is -0.476 e. The molecule has 2 aromatic rings. The van der Waals surface area contributed by atoms with Gasteiger partial charge in [-0.05, 0) is 24.3 Å². The highest BCUT2D eigenvalue weighted by atomic mass is 16.5. The molecular weight excluding hydrogens is 312 g/mol. The molecular formula is C16H18N4O4. The molecule has 1 fully saturated rings. The van der Waals surface area contributed by atoms with Gasteiger partial charge in [0.25, 0.3) is 0 Å². The fourth-order valence-electron chi connectivity index (χ4n) is 2.68. The molecule has 1 aromatic heterocycles. The van der Waals surface area contributed by atoms with Crippen LogP contribution >= 0.6 is 0 Å². The zero-order valence-electron chi connectivity index (χ0n) is 13.0. The van der Waals surface area contributed by atoms with Gasteiger partial charge in [-0.15, -0.1) is 5.10 Å². The van der Waals surface area contributed by atoms with Crippen molar-refractivity contribution >= 4 is 12.1 Å². The van der Waals surface area contributed by atoms with Crippen LogP contribution in [0.15, 0.2) is 36.5 Å². The fourth-order valence-corrected chi connectivity index (χ4v) is 2.68. The number of carbonyl (C=O) groups is 2. The maximum atomic E-state index is 11.7. The van der Waals surface area contributed by atoms with Gasteiger partial charge in [-0.25, -0.2) is 9.59 Å². The molecule has 0 unspecified atom stereocenters. The Morgan fingerprint density at radius 1 is 1.29 bits per heavy atom. The van der Waals surface area contributed by atoms with Crippen LogP contribution in [0.4, 0.5) is 4.79 Å². The number of aromatic nitrogens is 3. The van der Waals surface area contributed by atoms with Crippen molar-refractivity contribution in [1.82, 2.24) is 20.3 Å². The predicted molar refractivity (Wildman–Crippen MR) is 83.3 cm³/mol. The molecule has 0 aliphatic heterocycles. The zero-order chi connectivity index (χ0) is 16.9. The maximum absolute atomic E-state index is 11.7. The smallest absolute Gasteiger partial charge is 0.407 e. The molecule has 8 heteroatoms. The highest BCUT2D eigenvalue weighted by Gasteiger charge is 2.31. The Labute approximate surface area is 138 Å². The highest BCUT2D eigenvalue weighted by molar-refractivity contribution is 5.84. The van der Waals surface area contributed by atoms with Crippen molar-refractivity contribution in [2.24, 2.45) is 5.92 Å². The van der Waals surface area contributed by atoms with E-state index in [-0.39, 0.29) is 18.3 Å². The van der Waals surface area contributed by atoms with Crippen molar-refractivity contribution in [3.63, 3.8) is 0 Å². The number of alkyl carbamates (subject to hydrolysis) is 1. The van der Waals surface area contributed by atoms with Gasteiger partial charge in [-0.2, -0.15) is 0 Å². The second-order valence-corrected chi connectivity index (χ2v) is 5.87. The Morgan fingerprint density at radius 3 is 2.71 bits per heavy atom. The van der Waals surface area contributed by atoms with Crippen molar-refractivity contribution in [3.8, 4) is 0 Å². The highest BCUT2D eigenvalue weighted by Crippen LogP contribution is 2.28. The van der Waals surface area contributed by atoms with Gasteiger partial charge in [-0.1, -0.05) is 35.5 Å². The first-order chi connectivity index (χ1) is 11.6. The molecule has 0 radical (unpaired) electrons.